The van der Waals surface area contributed by atoms with Crippen molar-refractivity contribution in [2.75, 3.05) is 14.1 Å². The molecule has 0 spiro atoms. The number of carbonyl (C=O) groups is 2. The van der Waals surface area contributed by atoms with Crippen molar-refractivity contribution in [1.29, 1.82) is 5.26 Å². The van der Waals surface area contributed by atoms with E-state index >= 15 is 0 Å². The average molecular weight is 595 g/mol. The van der Waals surface area contributed by atoms with Gasteiger partial charge in [-0.1, -0.05) is 24.3 Å². The molecule has 0 aliphatic rings. The number of para-hydroxylation sites is 2. The summed E-state index contributed by atoms with van der Waals surface area (Å²) in [6, 6.07) is 11.0. The van der Waals surface area contributed by atoms with Gasteiger partial charge in [-0.2, -0.15) is 5.26 Å². The first-order chi connectivity index (χ1) is 17.9. The van der Waals surface area contributed by atoms with Gasteiger partial charge in [0.25, 0.3) is 28.2 Å². The number of nitro benzene ring substituents is 2. The fourth-order valence-corrected chi connectivity index (χ4v) is 2.85. The molecule has 2 rings (SSSR count). The Bertz CT molecular complexity index is 1330. The fraction of sp³-hybridized carbons (Fsp3) is 0.385. The number of amides is 1. The first-order valence-corrected chi connectivity index (χ1v) is 11.7. The van der Waals surface area contributed by atoms with Gasteiger partial charge in [-0.25, -0.2) is 11.9 Å². The van der Waals surface area contributed by atoms with Crippen LogP contribution in [-0.4, -0.2) is 51.2 Å². The SMILES string of the molecule is Cc1cccc(C(=O)Cl)c1[N+](=O)[O-].Cc1cccc(C(=O)N(C)C(C)(C)C#N)c1[N+](=O)[O-].Cl.[C-]#[N+]C(C)(C)NC. The van der Waals surface area contributed by atoms with E-state index < -0.39 is 26.5 Å². The van der Waals surface area contributed by atoms with E-state index in [-0.39, 0.29) is 40.6 Å². The van der Waals surface area contributed by atoms with E-state index in [4.69, 9.17) is 23.4 Å². The van der Waals surface area contributed by atoms with Gasteiger partial charge in [0.2, 0.25) is 0 Å². The maximum atomic E-state index is 12.3. The van der Waals surface area contributed by atoms with Crippen LogP contribution in [0.1, 0.15) is 59.5 Å². The molecular formula is C26H32Cl2N6O6. The largest absolute Gasteiger partial charge is 0.323 e. The van der Waals surface area contributed by atoms with E-state index in [1.165, 1.54) is 24.1 Å². The fourth-order valence-electron chi connectivity index (χ4n) is 2.70. The molecule has 0 aliphatic carbocycles. The number of halogens is 2. The Morgan fingerprint density at radius 2 is 1.40 bits per heavy atom. The molecule has 0 saturated heterocycles. The number of benzene rings is 2. The minimum atomic E-state index is -1.03. The quantitative estimate of drug-likeness (QED) is 0.188. The van der Waals surface area contributed by atoms with Crippen LogP contribution < -0.4 is 5.32 Å². The van der Waals surface area contributed by atoms with Crippen LogP contribution in [0.15, 0.2) is 36.4 Å². The second-order valence-electron chi connectivity index (χ2n) is 9.19. The highest BCUT2D eigenvalue weighted by molar-refractivity contribution is 6.68. The van der Waals surface area contributed by atoms with E-state index in [2.05, 4.69) is 10.2 Å². The molecule has 0 fully saturated rings. The number of nitrogens with one attached hydrogen (secondary N) is 1. The number of nitriles is 1. The summed E-state index contributed by atoms with van der Waals surface area (Å²) in [7, 11) is 3.23. The Hall–Kier alpha value is -4.10. The smallest absolute Gasteiger partial charge is 0.285 e. The summed E-state index contributed by atoms with van der Waals surface area (Å²) >= 11 is 5.18. The highest BCUT2D eigenvalue weighted by Gasteiger charge is 2.32. The zero-order valence-corrected chi connectivity index (χ0v) is 25.0. The molecular weight excluding hydrogens is 563 g/mol. The summed E-state index contributed by atoms with van der Waals surface area (Å²) in [5, 5.41) is 32.6. The Morgan fingerprint density at radius 1 is 1.00 bits per heavy atom. The number of hydrogen-bond acceptors (Lipinski definition) is 8. The van der Waals surface area contributed by atoms with Gasteiger partial charge in [-0.15, -0.1) is 12.4 Å². The van der Waals surface area contributed by atoms with Crippen LogP contribution >= 0.6 is 24.0 Å². The van der Waals surface area contributed by atoms with Crippen molar-refractivity contribution in [2.45, 2.75) is 52.7 Å². The molecule has 0 unspecified atom stereocenters. The van der Waals surface area contributed by atoms with Crippen molar-refractivity contribution in [2.24, 2.45) is 0 Å². The molecule has 2 aromatic rings. The van der Waals surface area contributed by atoms with Gasteiger partial charge in [-0.05, 0) is 58.5 Å². The highest BCUT2D eigenvalue weighted by Crippen LogP contribution is 2.26. The summed E-state index contributed by atoms with van der Waals surface area (Å²) in [5.41, 5.74) is -1.07. The standard InChI is InChI=1S/C13H15N3O3.C8H6ClNO3.C5H10N2.ClH/c1-9-6-5-7-10(11(9)16(18)19)12(17)15(4)13(2,3)8-14;1-5-3-2-4-6(8(9)11)7(5)10(12)13;1-5(2,6-3)7-4;/h5-7H,1-4H3;2-4H,1H3;6H,1-3H3;1H. The zero-order chi connectivity index (χ0) is 30.7. The number of aryl methyl sites for hydroxylation is 2. The Kier molecular flexibility index (Phi) is 15.3. The van der Waals surface area contributed by atoms with Gasteiger partial charge in [0.05, 0.1) is 15.9 Å². The minimum Gasteiger partial charge on any atom is -0.323 e. The van der Waals surface area contributed by atoms with E-state index in [0.29, 0.717) is 11.1 Å². The summed E-state index contributed by atoms with van der Waals surface area (Å²) in [5.74, 6) is -0.540. The third-order valence-corrected chi connectivity index (χ3v) is 5.79. The summed E-state index contributed by atoms with van der Waals surface area (Å²) in [6.07, 6.45) is 0. The van der Waals surface area contributed by atoms with Gasteiger partial charge in [0.1, 0.15) is 16.7 Å². The number of hydrogen-bond donors (Lipinski definition) is 1. The Morgan fingerprint density at radius 3 is 1.68 bits per heavy atom. The Balaban J connectivity index is 0. The van der Waals surface area contributed by atoms with E-state index in [1.54, 1.807) is 59.0 Å². The third kappa shape index (κ3) is 10.6. The topological polar surface area (TPSA) is 164 Å². The van der Waals surface area contributed by atoms with E-state index in [9.17, 15) is 29.8 Å². The lowest BCUT2D eigenvalue weighted by Gasteiger charge is -2.29. The molecule has 0 saturated carbocycles. The number of nitrogens with zero attached hydrogens (tertiary/aromatic N) is 5. The van der Waals surface area contributed by atoms with Gasteiger partial charge >= 0.3 is 0 Å². The first kappa shape index (κ1) is 38.0. The highest BCUT2D eigenvalue weighted by atomic mass is 35.5. The van der Waals surface area contributed by atoms with Gasteiger partial charge < -0.3 is 4.90 Å². The molecule has 2 aromatic carbocycles. The molecule has 216 valence electrons. The molecule has 40 heavy (non-hydrogen) atoms. The van der Waals surface area contributed by atoms with Crippen molar-refractivity contribution in [1.82, 2.24) is 10.2 Å². The number of nitro groups is 2. The molecule has 0 aliphatic heterocycles. The maximum absolute atomic E-state index is 12.3. The molecule has 0 atom stereocenters. The normalized spacial score (nSPS) is 10.1. The lowest BCUT2D eigenvalue weighted by atomic mass is 10.0. The van der Waals surface area contributed by atoms with E-state index in [1.807, 2.05) is 19.9 Å². The lowest BCUT2D eigenvalue weighted by molar-refractivity contribution is -0.385. The van der Waals surface area contributed by atoms with Gasteiger partial charge in [-0.3, -0.25) is 34.7 Å². The second-order valence-corrected chi connectivity index (χ2v) is 9.53. The molecule has 14 heteroatoms. The van der Waals surface area contributed by atoms with Crippen molar-refractivity contribution < 1.29 is 19.4 Å². The van der Waals surface area contributed by atoms with Crippen molar-refractivity contribution in [3.63, 3.8) is 0 Å². The summed E-state index contributed by atoms with van der Waals surface area (Å²) in [6.45, 7) is 16.5. The predicted molar refractivity (Wildman–Crippen MR) is 155 cm³/mol. The number of rotatable bonds is 6. The average Bonchev–Trinajstić information content (AvgIpc) is 2.87. The maximum Gasteiger partial charge on any atom is 0.285 e. The van der Waals surface area contributed by atoms with Crippen molar-refractivity contribution in [3.05, 3.63) is 90.3 Å². The second kappa shape index (κ2) is 16.1. The predicted octanol–water partition coefficient (Wildman–Crippen LogP) is 5.84. The first-order valence-electron chi connectivity index (χ1n) is 11.3. The molecule has 0 heterocycles. The summed E-state index contributed by atoms with van der Waals surface area (Å²) < 4.78 is 0. The molecule has 1 N–H and O–H groups in total. The lowest BCUT2D eigenvalue weighted by Crippen LogP contribution is -2.44. The van der Waals surface area contributed by atoms with Crippen LogP contribution in [0, 0.1) is 52.0 Å². The van der Waals surface area contributed by atoms with Gasteiger partial charge in [0, 0.05) is 32.0 Å². The Labute approximate surface area is 244 Å². The summed E-state index contributed by atoms with van der Waals surface area (Å²) in [4.78, 5) is 48.0. The number of carbonyl (C=O) groups excluding carboxylic acids is 2. The van der Waals surface area contributed by atoms with Crippen molar-refractivity contribution in [3.8, 4) is 6.07 Å². The molecule has 12 nitrogen and oxygen atoms in total. The molecule has 0 radical (unpaired) electrons. The van der Waals surface area contributed by atoms with Crippen LogP contribution in [0.5, 0.6) is 0 Å². The third-order valence-electron chi connectivity index (χ3n) is 5.59. The van der Waals surface area contributed by atoms with Crippen LogP contribution in [0.25, 0.3) is 4.85 Å². The molecule has 0 aromatic heterocycles. The van der Waals surface area contributed by atoms with Crippen LogP contribution in [-0.2, 0) is 0 Å². The van der Waals surface area contributed by atoms with E-state index in [0.717, 1.165) is 0 Å². The van der Waals surface area contributed by atoms with Crippen LogP contribution in [0.2, 0.25) is 0 Å². The zero-order valence-electron chi connectivity index (χ0n) is 23.4. The molecule has 1 amide bonds. The minimum absolute atomic E-state index is 0. The van der Waals surface area contributed by atoms with Crippen LogP contribution in [0.3, 0.4) is 0 Å². The van der Waals surface area contributed by atoms with Gasteiger partial charge in [0.15, 0.2) is 0 Å². The van der Waals surface area contributed by atoms with Crippen molar-refractivity contribution >= 4 is 46.5 Å². The molecule has 0 bridgehead atoms. The monoisotopic (exact) mass is 594 g/mol. The van der Waals surface area contributed by atoms with Crippen LogP contribution in [0.4, 0.5) is 11.4 Å².